The lowest BCUT2D eigenvalue weighted by Crippen LogP contribution is -2.28. The number of carbonyl (C=O) groups is 1. The quantitative estimate of drug-likeness (QED) is 0.761. The molecule has 0 saturated carbocycles. The predicted molar refractivity (Wildman–Crippen MR) is 84.4 cm³/mol. The highest BCUT2D eigenvalue weighted by atomic mass is 19.4. The molecule has 2 N–H and O–H groups in total. The van der Waals surface area contributed by atoms with E-state index in [2.05, 4.69) is 15.4 Å². The first kappa shape index (κ1) is 18.7. The Morgan fingerprint density at radius 1 is 0.960 bits per heavy atom. The van der Waals surface area contributed by atoms with E-state index in [1.807, 2.05) is 0 Å². The van der Waals surface area contributed by atoms with Gasteiger partial charge in [0.25, 0.3) is 0 Å². The van der Waals surface area contributed by atoms with Crippen molar-refractivity contribution in [1.29, 1.82) is 0 Å². The van der Waals surface area contributed by atoms with Gasteiger partial charge in [0.15, 0.2) is 0 Å². The average molecular weight is 356 g/mol. The molecular formula is C17H16F4N2O2. The topological polar surface area (TPSA) is 50.4 Å². The summed E-state index contributed by atoms with van der Waals surface area (Å²) in [4.78, 5) is 11.7. The fourth-order valence-electron chi connectivity index (χ4n) is 1.93. The van der Waals surface area contributed by atoms with Crippen LogP contribution in [0.15, 0.2) is 48.5 Å². The van der Waals surface area contributed by atoms with Crippen LogP contribution in [0, 0.1) is 5.82 Å². The maximum atomic E-state index is 12.8. The molecule has 0 aromatic heterocycles. The number of ether oxygens (including phenoxy) is 1. The summed E-state index contributed by atoms with van der Waals surface area (Å²) < 4.78 is 53.3. The number of halogens is 4. The first-order valence-electron chi connectivity index (χ1n) is 7.34. The number of alkyl halides is 3. The molecule has 134 valence electrons. The molecule has 2 rings (SSSR count). The highest BCUT2D eigenvalue weighted by molar-refractivity contribution is 5.89. The van der Waals surface area contributed by atoms with Gasteiger partial charge in [-0.3, -0.25) is 0 Å². The van der Waals surface area contributed by atoms with Crippen LogP contribution in [0.2, 0.25) is 0 Å². The van der Waals surface area contributed by atoms with Gasteiger partial charge in [-0.1, -0.05) is 24.3 Å². The van der Waals surface area contributed by atoms with Crippen molar-refractivity contribution in [2.24, 2.45) is 0 Å². The van der Waals surface area contributed by atoms with Gasteiger partial charge in [-0.15, -0.1) is 0 Å². The number of hydrogen-bond donors (Lipinski definition) is 2. The molecule has 0 aliphatic heterocycles. The molecule has 2 amide bonds. The Labute approximate surface area is 141 Å². The molecule has 4 nitrogen and oxygen atoms in total. The van der Waals surface area contributed by atoms with E-state index in [-0.39, 0.29) is 13.2 Å². The van der Waals surface area contributed by atoms with Gasteiger partial charge in [0.1, 0.15) is 12.4 Å². The van der Waals surface area contributed by atoms with Crippen molar-refractivity contribution in [3.05, 3.63) is 65.5 Å². The maximum Gasteiger partial charge on any atom is 0.411 e. The molecule has 0 bridgehead atoms. The number of carbonyl (C=O) groups excluding carboxylic acids is 1. The number of rotatable bonds is 6. The van der Waals surface area contributed by atoms with Gasteiger partial charge in [-0.2, -0.15) is 13.2 Å². The van der Waals surface area contributed by atoms with Crippen LogP contribution in [0.4, 0.5) is 28.0 Å². The third-order valence-corrected chi connectivity index (χ3v) is 3.11. The van der Waals surface area contributed by atoms with E-state index in [9.17, 15) is 22.4 Å². The van der Waals surface area contributed by atoms with Gasteiger partial charge in [-0.05, 0) is 35.4 Å². The molecular weight excluding hydrogens is 340 g/mol. The fraction of sp³-hybridized carbons (Fsp3) is 0.235. The molecule has 0 aliphatic carbocycles. The molecule has 0 spiro atoms. The van der Waals surface area contributed by atoms with Gasteiger partial charge < -0.3 is 15.4 Å². The van der Waals surface area contributed by atoms with Crippen LogP contribution in [0.5, 0.6) is 0 Å². The van der Waals surface area contributed by atoms with Crippen molar-refractivity contribution in [3.63, 3.8) is 0 Å². The lowest BCUT2D eigenvalue weighted by molar-refractivity contribution is -0.176. The predicted octanol–water partition coefficient (Wildman–Crippen LogP) is 4.23. The summed E-state index contributed by atoms with van der Waals surface area (Å²) in [5.74, 6) is -0.398. The molecule has 2 aromatic carbocycles. The molecule has 8 heteroatoms. The number of benzene rings is 2. The highest BCUT2D eigenvalue weighted by Crippen LogP contribution is 2.16. The van der Waals surface area contributed by atoms with Crippen LogP contribution in [-0.2, 0) is 17.9 Å². The summed E-state index contributed by atoms with van der Waals surface area (Å²) in [5.41, 5.74) is 1.83. The molecule has 0 fully saturated rings. The molecule has 0 heterocycles. The second-order valence-corrected chi connectivity index (χ2v) is 5.24. The molecule has 25 heavy (non-hydrogen) atoms. The van der Waals surface area contributed by atoms with E-state index in [0.29, 0.717) is 11.3 Å². The van der Waals surface area contributed by atoms with E-state index in [1.54, 1.807) is 24.3 Å². The van der Waals surface area contributed by atoms with Crippen LogP contribution < -0.4 is 10.6 Å². The Balaban J connectivity index is 1.75. The van der Waals surface area contributed by atoms with E-state index < -0.39 is 24.6 Å². The highest BCUT2D eigenvalue weighted by Gasteiger charge is 2.27. The summed E-state index contributed by atoms with van der Waals surface area (Å²) in [6.07, 6.45) is -4.35. The monoisotopic (exact) mass is 356 g/mol. The van der Waals surface area contributed by atoms with Crippen LogP contribution in [0.3, 0.4) is 0 Å². The smallest absolute Gasteiger partial charge is 0.367 e. The summed E-state index contributed by atoms with van der Waals surface area (Å²) in [6, 6.07) is 11.5. The van der Waals surface area contributed by atoms with Gasteiger partial charge in [-0.25, -0.2) is 9.18 Å². The number of nitrogens with one attached hydrogen (secondary N) is 2. The second kappa shape index (κ2) is 8.48. The first-order valence-corrected chi connectivity index (χ1v) is 7.34. The lowest BCUT2D eigenvalue weighted by atomic mass is 10.1. The van der Waals surface area contributed by atoms with E-state index in [4.69, 9.17) is 0 Å². The zero-order valence-corrected chi connectivity index (χ0v) is 13.1. The van der Waals surface area contributed by atoms with Gasteiger partial charge >= 0.3 is 12.2 Å². The molecule has 0 aliphatic rings. The van der Waals surface area contributed by atoms with Crippen molar-refractivity contribution in [2.45, 2.75) is 19.3 Å². The first-order chi connectivity index (χ1) is 11.8. The number of amides is 2. The summed E-state index contributed by atoms with van der Waals surface area (Å²) in [5, 5.41) is 5.17. The molecule has 2 aromatic rings. The minimum atomic E-state index is -4.35. The normalized spacial score (nSPS) is 11.2. The minimum Gasteiger partial charge on any atom is -0.367 e. The second-order valence-electron chi connectivity index (χ2n) is 5.24. The Bertz CT molecular complexity index is 685. The van der Waals surface area contributed by atoms with Crippen LogP contribution in [-0.4, -0.2) is 18.8 Å². The summed E-state index contributed by atoms with van der Waals surface area (Å²) >= 11 is 0. The third-order valence-electron chi connectivity index (χ3n) is 3.11. The number of hydrogen-bond acceptors (Lipinski definition) is 2. The minimum absolute atomic E-state index is 0.141. The Morgan fingerprint density at radius 2 is 1.56 bits per heavy atom. The number of urea groups is 1. The van der Waals surface area contributed by atoms with Crippen LogP contribution in [0.1, 0.15) is 11.1 Å². The van der Waals surface area contributed by atoms with Crippen molar-refractivity contribution in [2.75, 3.05) is 11.9 Å². The van der Waals surface area contributed by atoms with Crippen molar-refractivity contribution >= 4 is 11.7 Å². The summed E-state index contributed by atoms with van der Waals surface area (Å²) in [7, 11) is 0. The third kappa shape index (κ3) is 7.21. The van der Waals surface area contributed by atoms with Crippen LogP contribution in [0.25, 0.3) is 0 Å². The average Bonchev–Trinajstić information content (AvgIpc) is 2.55. The van der Waals surface area contributed by atoms with Crippen molar-refractivity contribution in [3.8, 4) is 0 Å². The lowest BCUT2D eigenvalue weighted by Gasteiger charge is -2.09. The van der Waals surface area contributed by atoms with Gasteiger partial charge in [0, 0.05) is 12.2 Å². The Morgan fingerprint density at radius 3 is 2.16 bits per heavy atom. The molecule has 0 radical (unpaired) electrons. The molecule has 0 unspecified atom stereocenters. The largest absolute Gasteiger partial charge is 0.411 e. The molecule has 0 saturated heterocycles. The summed E-state index contributed by atoms with van der Waals surface area (Å²) in [6.45, 7) is -1.20. The number of anilines is 1. The van der Waals surface area contributed by atoms with Crippen molar-refractivity contribution < 1.29 is 27.1 Å². The van der Waals surface area contributed by atoms with Crippen molar-refractivity contribution in [1.82, 2.24) is 5.32 Å². The SMILES string of the molecule is O=C(NCc1ccc(COCC(F)(F)F)cc1)Nc1ccc(F)cc1. The standard InChI is InChI=1S/C17H16F4N2O2/c18-14-5-7-15(8-6-14)23-16(24)22-9-12-1-3-13(4-2-12)10-25-11-17(19,20)21/h1-8H,9-11H2,(H2,22,23,24). The fourth-order valence-corrected chi connectivity index (χ4v) is 1.93. The van der Waals surface area contributed by atoms with Gasteiger partial charge in [0.05, 0.1) is 6.61 Å². The van der Waals surface area contributed by atoms with Gasteiger partial charge in [0.2, 0.25) is 0 Å². The zero-order chi connectivity index (χ0) is 18.3. The van der Waals surface area contributed by atoms with Crippen LogP contribution >= 0.6 is 0 Å². The van der Waals surface area contributed by atoms with E-state index in [1.165, 1.54) is 24.3 Å². The zero-order valence-electron chi connectivity index (χ0n) is 13.1. The molecule has 0 atom stereocenters. The van der Waals surface area contributed by atoms with E-state index in [0.717, 1.165) is 5.56 Å². The Kier molecular flexibility index (Phi) is 6.35. The Hall–Kier alpha value is -2.61. The van der Waals surface area contributed by atoms with E-state index >= 15 is 0 Å². The maximum absolute atomic E-state index is 12.8.